The molecule has 0 aliphatic carbocycles. The average molecular weight is 578 g/mol. The van der Waals surface area contributed by atoms with Gasteiger partial charge in [0, 0.05) is 15.8 Å². The molecule has 4 aromatic rings. The fourth-order valence-corrected chi connectivity index (χ4v) is 6.90. The molecule has 5 nitrogen and oxygen atoms in total. The van der Waals surface area contributed by atoms with Crippen LogP contribution in [0, 0.1) is 5.82 Å². The third-order valence-corrected chi connectivity index (χ3v) is 9.04. The first kappa shape index (κ1) is 28.2. The molecule has 1 N–H and O–H groups in total. The molecule has 1 aliphatic rings. The molecule has 3 aromatic carbocycles. The van der Waals surface area contributed by atoms with E-state index in [1.54, 1.807) is 0 Å². The van der Waals surface area contributed by atoms with Gasteiger partial charge >= 0.3 is 0 Å². The molecule has 5 rings (SSSR count). The van der Waals surface area contributed by atoms with Crippen LogP contribution in [0.15, 0.2) is 66.0 Å². The zero-order valence-corrected chi connectivity index (χ0v) is 24.0. The molecule has 0 bridgehead atoms. The second-order valence-corrected chi connectivity index (χ2v) is 11.7. The van der Waals surface area contributed by atoms with E-state index >= 15 is 0 Å². The molecule has 208 valence electrons. The molecule has 1 atom stereocenters. The van der Waals surface area contributed by atoms with Gasteiger partial charge in [0.25, 0.3) is 5.24 Å². The number of benzene rings is 3. The lowest BCUT2D eigenvalue weighted by Crippen LogP contribution is -2.21. The van der Waals surface area contributed by atoms with Crippen LogP contribution in [0.5, 0.6) is 11.5 Å². The summed E-state index contributed by atoms with van der Waals surface area (Å²) in [5.41, 5.74) is 4.20. The molecule has 1 saturated heterocycles. The summed E-state index contributed by atoms with van der Waals surface area (Å²) < 4.78 is 27.7. The first-order valence-electron chi connectivity index (χ1n) is 13.7. The number of fused-ring (bicyclic) bond motifs is 1. The molecule has 1 aliphatic heterocycles. The number of imide groups is 1. The first-order chi connectivity index (χ1) is 19.5. The van der Waals surface area contributed by atoms with E-state index in [0.29, 0.717) is 19.0 Å². The largest absolute Gasteiger partial charge is 0.494 e. The van der Waals surface area contributed by atoms with E-state index in [1.165, 1.54) is 45.0 Å². The summed E-state index contributed by atoms with van der Waals surface area (Å²) in [6, 6.07) is 19.2. The number of thiophene rings is 1. The Morgan fingerprint density at radius 2 is 1.73 bits per heavy atom. The van der Waals surface area contributed by atoms with Crippen molar-refractivity contribution in [3.8, 4) is 11.5 Å². The van der Waals surface area contributed by atoms with Crippen molar-refractivity contribution in [1.82, 2.24) is 5.32 Å². The van der Waals surface area contributed by atoms with E-state index in [1.807, 2.05) is 11.3 Å². The van der Waals surface area contributed by atoms with Gasteiger partial charge in [-0.2, -0.15) is 0 Å². The van der Waals surface area contributed by atoms with E-state index in [2.05, 4.69) is 60.1 Å². The molecule has 1 aromatic heterocycles. The smallest absolute Gasteiger partial charge is 0.286 e. The quantitative estimate of drug-likeness (QED) is 0.163. The van der Waals surface area contributed by atoms with Crippen molar-refractivity contribution < 1.29 is 23.5 Å². The van der Waals surface area contributed by atoms with Gasteiger partial charge in [-0.15, -0.1) is 11.3 Å². The van der Waals surface area contributed by atoms with Gasteiger partial charge in [-0.25, -0.2) is 4.39 Å². The minimum atomic E-state index is -0.887. The molecule has 40 heavy (non-hydrogen) atoms. The molecule has 0 spiro atoms. The standard InChI is InChI=1S/C32H32FNO4S2/c1-2-8-25-28(16-14-24-22(20-39-29(24)25)12-11-21-9-4-3-5-10-21)38-18-7-6-17-37-23-13-15-27(33)26(19-23)30-31(35)34-32(36)40-30/h3-5,9-10,13-16,19-20,30H,2,6-8,11-12,17-18H2,1H3,(H,34,35,36). The molecule has 2 heterocycles. The van der Waals surface area contributed by atoms with Crippen LogP contribution in [0.1, 0.15) is 53.7 Å². The fraction of sp³-hybridized carbons (Fsp3) is 0.312. The Balaban J connectivity index is 1.14. The number of hydrogen-bond donors (Lipinski definition) is 1. The van der Waals surface area contributed by atoms with Crippen molar-refractivity contribution in [2.24, 2.45) is 0 Å². The van der Waals surface area contributed by atoms with Gasteiger partial charge in [0.05, 0.1) is 13.2 Å². The van der Waals surface area contributed by atoms with Crippen LogP contribution >= 0.6 is 23.1 Å². The molecule has 0 radical (unpaired) electrons. The van der Waals surface area contributed by atoms with Gasteiger partial charge in [-0.3, -0.25) is 14.9 Å². The second-order valence-electron chi connectivity index (χ2n) is 9.78. The highest BCUT2D eigenvalue weighted by molar-refractivity contribution is 8.15. The Bertz CT molecular complexity index is 1490. The van der Waals surface area contributed by atoms with E-state index < -0.39 is 22.2 Å². The van der Waals surface area contributed by atoms with Crippen molar-refractivity contribution in [1.29, 1.82) is 0 Å². The normalized spacial score (nSPS) is 15.0. The van der Waals surface area contributed by atoms with Crippen LogP contribution in [0.2, 0.25) is 0 Å². The maximum atomic E-state index is 14.3. The maximum Gasteiger partial charge on any atom is 0.286 e. The van der Waals surface area contributed by atoms with Gasteiger partial charge in [0.2, 0.25) is 5.91 Å². The number of carbonyl (C=O) groups is 2. The number of ether oxygens (including phenoxy) is 2. The Labute approximate surface area is 242 Å². The summed E-state index contributed by atoms with van der Waals surface area (Å²) >= 11 is 2.59. The minimum Gasteiger partial charge on any atom is -0.494 e. The maximum absolute atomic E-state index is 14.3. The Morgan fingerprint density at radius 3 is 2.48 bits per heavy atom. The number of carbonyl (C=O) groups excluding carboxylic acids is 2. The third kappa shape index (κ3) is 6.67. The summed E-state index contributed by atoms with van der Waals surface area (Å²) in [6.07, 6.45) is 5.65. The molecular formula is C32H32FNO4S2. The molecule has 2 amide bonds. The Hall–Kier alpha value is -3.36. The minimum absolute atomic E-state index is 0.157. The third-order valence-electron chi connectivity index (χ3n) is 6.91. The number of rotatable bonds is 13. The Kier molecular flexibility index (Phi) is 9.39. The molecule has 8 heteroatoms. The van der Waals surface area contributed by atoms with Crippen LogP contribution in [0.3, 0.4) is 0 Å². The number of unbranched alkanes of at least 4 members (excludes halogenated alkanes) is 1. The summed E-state index contributed by atoms with van der Waals surface area (Å²) in [7, 11) is 0. The van der Waals surface area contributed by atoms with Crippen LogP contribution < -0.4 is 14.8 Å². The zero-order valence-electron chi connectivity index (χ0n) is 22.4. The number of nitrogens with one attached hydrogen (secondary N) is 1. The van der Waals surface area contributed by atoms with E-state index in [0.717, 1.165) is 56.0 Å². The zero-order chi connectivity index (χ0) is 27.9. The number of halogens is 1. The number of thioether (sulfide) groups is 1. The molecular weight excluding hydrogens is 545 g/mol. The summed E-state index contributed by atoms with van der Waals surface area (Å²) in [6.45, 7) is 3.21. The van der Waals surface area contributed by atoms with Crippen molar-refractivity contribution in [3.05, 3.63) is 94.1 Å². The number of hydrogen-bond acceptors (Lipinski definition) is 6. The van der Waals surface area contributed by atoms with Crippen LogP contribution in [-0.4, -0.2) is 24.4 Å². The predicted octanol–water partition coefficient (Wildman–Crippen LogP) is 8.04. The lowest BCUT2D eigenvalue weighted by molar-refractivity contribution is -0.119. The van der Waals surface area contributed by atoms with Crippen molar-refractivity contribution in [2.75, 3.05) is 13.2 Å². The highest BCUT2D eigenvalue weighted by Crippen LogP contribution is 2.38. The van der Waals surface area contributed by atoms with Crippen molar-refractivity contribution in [3.63, 3.8) is 0 Å². The van der Waals surface area contributed by atoms with Gasteiger partial charge < -0.3 is 9.47 Å². The highest BCUT2D eigenvalue weighted by Gasteiger charge is 2.35. The van der Waals surface area contributed by atoms with E-state index in [9.17, 15) is 14.0 Å². The van der Waals surface area contributed by atoms with Crippen molar-refractivity contribution in [2.45, 2.75) is 50.7 Å². The monoisotopic (exact) mass is 577 g/mol. The van der Waals surface area contributed by atoms with Crippen molar-refractivity contribution >= 4 is 44.3 Å². The molecule has 1 unspecified atom stereocenters. The Morgan fingerprint density at radius 1 is 0.925 bits per heavy atom. The summed E-state index contributed by atoms with van der Waals surface area (Å²) in [5, 5.41) is 4.47. The SMILES string of the molecule is CCCc1c(OCCCCOc2ccc(F)c(C3SC(=O)NC3=O)c2)ccc2c(CCc3ccccc3)csc12. The summed E-state index contributed by atoms with van der Waals surface area (Å²) in [4.78, 5) is 23.4. The van der Waals surface area contributed by atoms with Crippen LogP contribution in [-0.2, 0) is 24.1 Å². The number of aryl methyl sites for hydroxylation is 3. The number of amides is 2. The lowest BCUT2D eigenvalue weighted by atomic mass is 10.0. The average Bonchev–Trinajstić information content (AvgIpc) is 3.53. The second kappa shape index (κ2) is 13.3. The highest BCUT2D eigenvalue weighted by atomic mass is 32.2. The predicted molar refractivity (Wildman–Crippen MR) is 160 cm³/mol. The molecule has 0 saturated carbocycles. The topological polar surface area (TPSA) is 64.6 Å². The van der Waals surface area contributed by atoms with Gasteiger partial charge in [0.15, 0.2) is 0 Å². The lowest BCUT2D eigenvalue weighted by Gasteiger charge is -2.13. The molecule has 1 fully saturated rings. The van der Waals surface area contributed by atoms with Gasteiger partial charge in [-0.1, -0.05) is 43.7 Å². The summed E-state index contributed by atoms with van der Waals surface area (Å²) in [5.74, 6) is 0.394. The van der Waals surface area contributed by atoms with Crippen LogP contribution in [0.4, 0.5) is 9.18 Å². The van der Waals surface area contributed by atoms with Gasteiger partial charge in [-0.05, 0) is 96.1 Å². The van der Waals surface area contributed by atoms with Gasteiger partial charge in [0.1, 0.15) is 22.6 Å². The van der Waals surface area contributed by atoms with E-state index in [-0.39, 0.29) is 5.56 Å². The fourth-order valence-electron chi connectivity index (χ4n) is 4.88. The van der Waals surface area contributed by atoms with Crippen LogP contribution in [0.25, 0.3) is 10.1 Å². The van der Waals surface area contributed by atoms with E-state index in [4.69, 9.17) is 9.47 Å². The first-order valence-corrected chi connectivity index (χ1v) is 15.4.